The predicted octanol–water partition coefficient (Wildman–Crippen LogP) is 1.90. The van der Waals surface area contributed by atoms with Gasteiger partial charge in [-0.05, 0) is 25.8 Å². The minimum absolute atomic E-state index is 0.0819. The Labute approximate surface area is 135 Å². The first kappa shape index (κ1) is 16.8. The van der Waals surface area contributed by atoms with Gasteiger partial charge in [0, 0.05) is 22.6 Å². The largest absolute Gasteiger partial charge is 0.480 e. The third-order valence-electron chi connectivity index (χ3n) is 3.58. The number of carboxylic acid groups (broad SMARTS) is 1. The van der Waals surface area contributed by atoms with Gasteiger partial charge in [0.1, 0.15) is 6.04 Å². The zero-order chi connectivity index (χ0) is 16.7. The third-order valence-corrected chi connectivity index (χ3v) is 6.29. The van der Waals surface area contributed by atoms with Crippen molar-refractivity contribution >= 4 is 37.6 Å². The summed E-state index contributed by atoms with van der Waals surface area (Å²) in [6.07, 6.45) is 0.662. The molecule has 8 nitrogen and oxygen atoms in total. The Morgan fingerprint density at radius 2 is 2.14 bits per heavy atom. The lowest BCUT2D eigenvalue weighted by atomic mass is 10.2. The average molecular weight is 393 g/mol. The molecule has 0 aromatic heterocycles. The first-order chi connectivity index (χ1) is 10.2. The predicted molar refractivity (Wildman–Crippen MR) is 80.1 cm³/mol. The molecule has 0 saturated carbocycles. The van der Waals surface area contributed by atoms with Crippen LogP contribution in [0.2, 0.25) is 0 Å². The fraction of sp³-hybridized carbons (Fsp3) is 0.417. The Morgan fingerprint density at radius 1 is 1.50 bits per heavy atom. The molecule has 1 aromatic rings. The van der Waals surface area contributed by atoms with Gasteiger partial charge < -0.3 is 5.11 Å². The lowest BCUT2D eigenvalue weighted by molar-refractivity contribution is -0.385. The van der Waals surface area contributed by atoms with Crippen molar-refractivity contribution in [1.82, 2.24) is 4.31 Å². The molecule has 1 aliphatic heterocycles. The summed E-state index contributed by atoms with van der Waals surface area (Å²) in [6.45, 7) is 1.58. The van der Waals surface area contributed by atoms with Crippen molar-refractivity contribution in [1.29, 1.82) is 0 Å². The van der Waals surface area contributed by atoms with Crippen LogP contribution in [0, 0.1) is 17.0 Å². The molecule has 1 heterocycles. The number of carbonyl (C=O) groups is 1. The van der Waals surface area contributed by atoms with Crippen LogP contribution in [0.5, 0.6) is 0 Å². The highest BCUT2D eigenvalue weighted by Gasteiger charge is 2.40. The van der Waals surface area contributed by atoms with Gasteiger partial charge in [0.2, 0.25) is 10.0 Å². The third kappa shape index (κ3) is 2.85. The Morgan fingerprint density at radius 3 is 2.68 bits per heavy atom. The van der Waals surface area contributed by atoms with E-state index >= 15 is 0 Å². The maximum absolute atomic E-state index is 12.6. The molecule has 1 atom stereocenters. The summed E-state index contributed by atoms with van der Waals surface area (Å²) in [5.41, 5.74) is -0.0285. The fourth-order valence-electron chi connectivity index (χ4n) is 2.39. The van der Waals surface area contributed by atoms with Gasteiger partial charge in [-0.1, -0.05) is 15.9 Å². The van der Waals surface area contributed by atoms with Gasteiger partial charge in [-0.3, -0.25) is 14.9 Å². The highest BCUT2D eigenvalue weighted by Crippen LogP contribution is 2.33. The first-order valence-electron chi connectivity index (χ1n) is 6.35. The molecular weight excluding hydrogens is 380 g/mol. The Bertz CT molecular complexity index is 748. The van der Waals surface area contributed by atoms with Crippen molar-refractivity contribution in [3.8, 4) is 0 Å². The summed E-state index contributed by atoms with van der Waals surface area (Å²) in [4.78, 5) is 21.2. The quantitative estimate of drug-likeness (QED) is 0.617. The summed E-state index contributed by atoms with van der Waals surface area (Å²) in [5, 5.41) is 20.1. The van der Waals surface area contributed by atoms with Crippen LogP contribution in [0.4, 0.5) is 5.69 Å². The summed E-state index contributed by atoms with van der Waals surface area (Å²) >= 11 is 3.11. The molecule has 0 bridgehead atoms. The van der Waals surface area contributed by atoms with Gasteiger partial charge in [0.05, 0.1) is 9.82 Å². The second-order valence-corrected chi connectivity index (χ2v) is 7.66. The molecule has 1 aliphatic rings. The second-order valence-electron chi connectivity index (χ2n) is 4.92. The Hall–Kier alpha value is -1.52. The van der Waals surface area contributed by atoms with E-state index in [0.717, 1.165) is 10.4 Å². The van der Waals surface area contributed by atoms with Crippen molar-refractivity contribution < 1.29 is 23.2 Å². The highest BCUT2D eigenvalue weighted by molar-refractivity contribution is 9.10. The number of hydrogen-bond donors (Lipinski definition) is 1. The highest BCUT2D eigenvalue weighted by atomic mass is 79.9. The van der Waals surface area contributed by atoms with E-state index in [4.69, 9.17) is 5.11 Å². The number of nitro groups is 1. The molecular formula is C12H13BrN2O6S. The van der Waals surface area contributed by atoms with Gasteiger partial charge in [0.15, 0.2) is 0 Å². The number of aliphatic carboxylic acids is 1. The van der Waals surface area contributed by atoms with Gasteiger partial charge >= 0.3 is 5.97 Å². The van der Waals surface area contributed by atoms with Crippen LogP contribution >= 0.6 is 15.9 Å². The molecule has 1 aromatic carbocycles. The maximum atomic E-state index is 12.6. The SMILES string of the molecule is Cc1c(Br)cc(S(=O)(=O)N2CCC[C@H]2C(=O)O)cc1[N+](=O)[O-]. The molecule has 10 heteroatoms. The average Bonchev–Trinajstić information content (AvgIpc) is 2.91. The fourth-order valence-corrected chi connectivity index (χ4v) is 4.69. The van der Waals surface area contributed by atoms with Crippen LogP contribution in [-0.4, -0.2) is 41.3 Å². The topological polar surface area (TPSA) is 118 Å². The van der Waals surface area contributed by atoms with Crippen LogP contribution in [0.25, 0.3) is 0 Å². The smallest absolute Gasteiger partial charge is 0.322 e. The monoisotopic (exact) mass is 392 g/mol. The number of rotatable bonds is 4. The molecule has 0 unspecified atom stereocenters. The number of hydrogen-bond acceptors (Lipinski definition) is 5. The molecule has 2 rings (SSSR count). The van der Waals surface area contributed by atoms with Crippen molar-refractivity contribution in [2.45, 2.75) is 30.7 Å². The van der Waals surface area contributed by atoms with Gasteiger partial charge in [-0.2, -0.15) is 4.31 Å². The Balaban J connectivity index is 2.55. The molecule has 0 aliphatic carbocycles. The Kier molecular flexibility index (Phi) is 4.54. The summed E-state index contributed by atoms with van der Waals surface area (Å²) in [5.74, 6) is -1.22. The van der Waals surface area contributed by atoms with Crippen LogP contribution in [0.1, 0.15) is 18.4 Å². The minimum atomic E-state index is -4.11. The number of halogens is 1. The standard InChI is InChI=1S/C12H13BrN2O6S/c1-7-9(13)5-8(6-11(7)15(18)19)22(20,21)14-4-2-3-10(14)12(16)17/h5-6,10H,2-4H2,1H3,(H,16,17)/t10-/m0/s1. The van der Waals surface area contributed by atoms with Crippen LogP contribution in [0.15, 0.2) is 21.5 Å². The zero-order valence-corrected chi connectivity index (χ0v) is 13.9. The molecule has 0 amide bonds. The minimum Gasteiger partial charge on any atom is -0.480 e. The van der Waals surface area contributed by atoms with Gasteiger partial charge in [0.25, 0.3) is 5.69 Å². The number of carboxylic acids is 1. The van der Waals surface area contributed by atoms with E-state index in [1.165, 1.54) is 13.0 Å². The first-order valence-corrected chi connectivity index (χ1v) is 8.58. The van der Waals surface area contributed by atoms with Crippen molar-refractivity contribution in [2.24, 2.45) is 0 Å². The maximum Gasteiger partial charge on any atom is 0.322 e. The van der Waals surface area contributed by atoms with Crippen molar-refractivity contribution in [2.75, 3.05) is 6.54 Å². The summed E-state index contributed by atoms with van der Waals surface area (Å²) in [7, 11) is -4.11. The molecule has 1 fully saturated rings. The van der Waals surface area contributed by atoms with E-state index < -0.39 is 27.0 Å². The molecule has 120 valence electrons. The number of sulfonamides is 1. The molecule has 22 heavy (non-hydrogen) atoms. The van der Waals surface area contributed by atoms with Crippen LogP contribution in [0.3, 0.4) is 0 Å². The molecule has 0 radical (unpaired) electrons. The number of benzene rings is 1. The lowest BCUT2D eigenvalue weighted by Crippen LogP contribution is -2.40. The van der Waals surface area contributed by atoms with E-state index in [0.29, 0.717) is 12.0 Å². The van der Waals surface area contributed by atoms with Crippen LogP contribution < -0.4 is 0 Å². The van der Waals surface area contributed by atoms with Crippen molar-refractivity contribution in [3.63, 3.8) is 0 Å². The van der Waals surface area contributed by atoms with Gasteiger partial charge in [-0.15, -0.1) is 0 Å². The van der Waals surface area contributed by atoms with E-state index in [1.807, 2.05) is 0 Å². The molecule has 0 spiro atoms. The summed E-state index contributed by atoms with van der Waals surface area (Å²) in [6, 6.07) is 1.09. The summed E-state index contributed by atoms with van der Waals surface area (Å²) < 4.78 is 26.4. The van der Waals surface area contributed by atoms with E-state index in [1.54, 1.807) is 0 Å². The normalized spacial score (nSPS) is 19.3. The molecule has 1 N–H and O–H groups in total. The van der Waals surface area contributed by atoms with Crippen molar-refractivity contribution in [3.05, 3.63) is 32.3 Å². The van der Waals surface area contributed by atoms with E-state index in [9.17, 15) is 23.3 Å². The second kappa shape index (κ2) is 5.94. The zero-order valence-electron chi connectivity index (χ0n) is 11.5. The van der Waals surface area contributed by atoms with E-state index in [-0.39, 0.29) is 28.0 Å². The number of nitrogens with zero attached hydrogens (tertiary/aromatic N) is 2. The van der Waals surface area contributed by atoms with E-state index in [2.05, 4.69) is 15.9 Å². The van der Waals surface area contributed by atoms with Gasteiger partial charge in [-0.25, -0.2) is 8.42 Å². The lowest BCUT2D eigenvalue weighted by Gasteiger charge is -2.21. The van der Waals surface area contributed by atoms with Crippen LogP contribution in [-0.2, 0) is 14.8 Å². The number of nitro benzene ring substituents is 1. The molecule has 1 saturated heterocycles.